The van der Waals surface area contributed by atoms with Crippen LogP contribution in [0.5, 0.6) is 5.88 Å². The number of carbonyl (C=O) groups is 2. The fourth-order valence-electron chi connectivity index (χ4n) is 2.52. The summed E-state index contributed by atoms with van der Waals surface area (Å²) in [5.74, 6) is -0.712. The normalized spacial score (nSPS) is 10.9. The highest BCUT2D eigenvalue weighted by Gasteiger charge is 2.26. The fraction of sp³-hybridized carbons (Fsp3) is 0.176. The molecule has 2 N–H and O–H groups in total. The highest BCUT2D eigenvalue weighted by molar-refractivity contribution is 7.12. The molecule has 0 spiro atoms. The molecule has 2 heterocycles. The fourth-order valence-corrected chi connectivity index (χ4v) is 3.36. The second-order valence-electron chi connectivity index (χ2n) is 5.23. The van der Waals surface area contributed by atoms with E-state index >= 15 is 0 Å². The van der Waals surface area contributed by atoms with E-state index in [-0.39, 0.29) is 17.2 Å². The lowest BCUT2D eigenvalue weighted by atomic mass is 10.1. The number of rotatable bonds is 4. The van der Waals surface area contributed by atoms with Gasteiger partial charge >= 0.3 is 6.03 Å². The summed E-state index contributed by atoms with van der Waals surface area (Å²) < 4.78 is 1.11. The Kier molecular flexibility index (Phi) is 4.59. The van der Waals surface area contributed by atoms with Crippen LogP contribution in [-0.4, -0.2) is 28.0 Å². The van der Waals surface area contributed by atoms with Crippen molar-refractivity contribution in [1.82, 2.24) is 9.88 Å². The number of halogens is 1. The topological polar surface area (TPSA) is 71.3 Å². The van der Waals surface area contributed by atoms with Crippen LogP contribution in [0, 0.1) is 0 Å². The first-order valence-corrected chi connectivity index (χ1v) is 8.69. The minimum Gasteiger partial charge on any atom is -0.494 e. The van der Waals surface area contributed by atoms with Gasteiger partial charge in [-0.15, -0.1) is 11.3 Å². The summed E-state index contributed by atoms with van der Waals surface area (Å²) in [5.41, 5.74) is 0.520. The van der Waals surface area contributed by atoms with E-state index < -0.39 is 6.03 Å². The van der Waals surface area contributed by atoms with E-state index in [1.165, 1.54) is 11.3 Å². The number of nitrogens with zero attached hydrogens (tertiary/aromatic N) is 1. The zero-order chi connectivity index (χ0) is 17.3. The van der Waals surface area contributed by atoms with Crippen LogP contribution in [0.1, 0.15) is 28.6 Å². The maximum absolute atomic E-state index is 12.8. The Morgan fingerprint density at radius 3 is 2.79 bits per heavy atom. The number of aromatic hydroxyl groups is 1. The summed E-state index contributed by atoms with van der Waals surface area (Å²) in [6, 6.07) is 7.78. The number of aromatic nitrogens is 1. The molecule has 7 heteroatoms. The van der Waals surface area contributed by atoms with Crippen LogP contribution in [0.25, 0.3) is 10.9 Å². The first-order chi connectivity index (χ1) is 11.5. The molecule has 0 saturated heterocycles. The smallest absolute Gasteiger partial charge is 0.328 e. The van der Waals surface area contributed by atoms with E-state index in [1.54, 1.807) is 35.7 Å². The Morgan fingerprint density at radius 1 is 1.33 bits per heavy atom. The molecule has 0 bridgehead atoms. The van der Waals surface area contributed by atoms with Crippen LogP contribution in [0.3, 0.4) is 0 Å². The molecule has 124 valence electrons. The minimum absolute atomic E-state index is 0.0848. The van der Waals surface area contributed by atoms with Crippen molar-refractivity contribution in [3.63, 3.8) is 0 Å². The van der Waals surface area contributed by atoms with Crippen LogP contribution < -0.4 is 5.32 Å². The standard InChI is InChI=1S/C17H15ClN2O3S/c1-2-7-19-17(23)20-12-6-5-10(18)9-11(12)14(16(20)22)15(21)13-4-3-8-24-13/h3-6,8-9,22H,2,7H2,1H3,(H,19,23). The van der Waals surface area contributed by atoms with Crippen molar-refractivity contribution >= 4 is 45.7 Å². The zero-order valence-corrected chi connectivity index (χ0v) is 14.4. The van der Waals surface area contributed by atoms with Crippen molar-refractivity contribution in [1.29, 1.82) is 0 Å². The van der Waals surface area contributed by atoms with Gasteiger partial charge in [0.2, 0.25) is 11.7 Å². The van der Waals surface area contributed by atoms with Gasteiger partial charge < -0.3 is 10.4 Å². The molecular weight excluding hydrogens is 348 g/mol. The lowest BCUT2D eigenvalue weighted by Gasteiger charge is -2.07. The number of nitrogens with one attached hydrogen (secondary N) is 1. The molecule has 3 aromatic rings. The van der Waals surface area contributed by atoms with Crippen molar-refractivity contribution in [2.75, 3.05) is 6.54 Å². The van der Waals surface area contributed by atoms with E-state index in [4.69, 9.17) is 11.6 Å². The zero-order valence-electron chi connectivity index (χ0n) is 12.9. The third kappa shape index (κ3) is 2.79. The summed E-state index contributed by atoms with van der Waals surface area (Å²) in [6.45, 7) is 2.40. The number of thiophene rings is 1. The summed E-state index contributed by atoms with van der Waals surface area (Å²) in [4.78, 5) is 25.6. The molecular formula is C17H15ClN2O3S. The number of carbonyl (C=O) groups excluding carboxylic acids is 2. The van der Waals surface area contributed by atoms with Crippen LogP contribution in [0.15, 0.2) is 35.7 Å². The molecule has 0 aliphatic rings. The highest BCUT2D eigenvalue weighted by atomic mass is 35.5. The van der Waals surface area contributed by atoms with Gasteiger partial charge in [0.15, 0.2) is 0 Å². The second kappa shape index (κ2) is 6.67. The molecule has 0 fully saturated rings. The van der Waals surface area contributed by atoms with Crippen molar-refractivity contribution < 1.29 is 14.7 Å². The van der Waals surface area contributed by atoms with Gasteiger partial charge in [0.25, 0.3) is 0 Å². The number of ketones is 1. The lowest BCUT2D eigenvalue weighted by molar-refractivity contribution is 0.104. The second-order valence-corrected chi connectivity index (χ2v) is 6.62. The van der Waals surface area contributed by atoms with Crippen LogP contribution >= 0.6 is 22.9 Å². The Hall–Kier alpha value is -2.31. The molecule has 2 aromatic heterocycles. The maximum atomic E-state index is 12.8. The van der Waals surface area contributed by atoms with Crippen LogP contribution in [-0.2, 0) is 0 Å². The number of benzene rings is 1. The monoisotopic (exact) mass is 362 g/mol. The molecule has 1 amide bonds. The third-order valence-electron chi connectivity index (χ3n) is 3.61. The number of fused-ring (bicyclic) bond motifs is 1. The summed E-state index contributed by atoms with van der Waals surface area (Å²) >= 11 is 7.32. The molecule has 1 aromatic carbocycles. The van der Waals surface area contributed by atoms with Gasteiger partial charge in [0.1, 0.15) is 0 Å². The Labute approximate surface area is 147 Å². The Balaban J connectivity index is 2.22. The van der Waals surface area contributed by atoms with E-state index in [0.717, 1.165) is 11.0 Å². The molecule has 0 unspecified atom stereocenters. The molecule has 5 nitrogen and oxygen atoms in total. The van der Waals surface area contributed by atoms with Gasteiger partial charge in [-0.1, -0.05) is 24.6 Å². The van der Waals surface area contributed by atoms with Gasteiger partial charge in [-0.3, -0.25) is 4.79 Å². The predicted molar refractivity (Wildman–Crippen MR) is 95.5 cm³/mol. The van der Waals surface area contributed by atoms with E-state index in [2.05, 4.69) is 5.32 Å². The minimum atomic E-state index is -0.480. The van der Waals surface area contributed by atoms with E-state index in [9.17, 15) is 14.7 Å². The molecule has 3 rings (SSSR count). The molecule has 24 heavy (non-hydrogen) atoms. The molecule has 0 aliphatic heterocycles. The summed E-state index contributed by atoms with van der Waals surface area (Å²) in [6.07, 6.45) is 0.762. The van der Waals surface area contributed by atoms with E-state index in [0.29, 0.717) is 27.3 Å². The van der Waals surface area contributed by atoms with Crippen molar-refractivity contribution in [3.05, 3.63) is 51.2 Å². The third-order valence-corrected chi connectivity index (χ3v) is 4.71. The largest absolute Gasteiger partial charge is 0.494 e. The van der Waals surface area contributed by atoms with Gasteiger partial charge in [-0.2, -0.15) is 0 Å². The molecule has 0 aliphatic carbocycles. The van der Waals surface area contributed by atoms with Crippen molar-refractivity contribution in [2.24, 2.45) is 0 Å². The number of hydrogen-bond donors (Lipinski definition) is 2. The Bertz CT molecular complexity index is 916. The predicted octanol–water partition coefficient (Wildman–Crippen LogP) is 4.26. The van der Waals surface area contributed by atoms with Gasteiger partial charge in [0.05, 0.1) is 16.0 Å². The quantitative estimate of drug-likeness (QED) is 0.681. The summed E-state index contributed by atoms with van der Waals surface area (Å²) in [5, 5.41) is 15.9. The number of amides is 1. The van der Waals surface area contributed by atoms with E-state index in [1.807, 2.05) is 6.92 Å². The molecule has 0 radical (unpaired) electrons. The van der Waals surface area contributed by atoms with Gasteiger partial charge in [-0.05, 0) is 36.1 Å². The van der Waals surface area contributed by atoms with Gasteiger partial charge in [-0.25, -0.2) is 9.36 Å². The lowest BCUT2D eigenvalue weighted by Crippen LogP contribution is -2.28. The molecule has 0 atom stereocenters. The highest BCUT2D eigenvalue weighted by Crippen LogP contribution is 2.35. The first-order valence-electron chi connectivity index (χ1n) is 7.44. The first kappa shape index (κ1) is 16.5. The average Bonchev–Trinajstić information content (AvgIpc) is 3.17. The SMILES string of the molecule is CCCNC(=O)n1c(O)c(C(=O)c2cccs2)c2cc(Cl)ccc21. The average molecular weight is 363 g/mol. The van der Waals surface area contributed by atoms with Crippen LogP contribution in [0.2, 0.25) is 5.02 Å². The summed E-state index contributed by atoms with van der Waals surface area (Å²) in [7, 11) is 0. The maximum Gasteiger partial charge on any atom is 0.328 e. The molecule has 0 saturated carbocycles. The van der Waals surface area contributed by atoms with Crippen LogP contribution in [0.4, 0.5) is 4.79 Å². The number of hydrogen-bond acceptors (Lipinski definition) is 4. The Morgan fingerprint density at radius 2 is 2.12 bits per heavy atom. The van der Waals surface area contributed by atoms with Gasteiger partial charge in [0, 0.05) is 17.0 Å². The van der Waals surface area contributed by atoms with Crippen molar-refractivity contribution in [2.45, 2.75) is 13.3 Å². The van der Waals surface area contributed by atoms with Crippen molar-refractivity contribution in [3.8, 4) is 5.88 Å².